The highest BCUT2D eigenvalue weighted by atomic mass is 32.2. The van der Waals surface area contributed by atoms with E-state index in [1.807, 2.05) is 0 Å². The van der Waals surface area contributed by atoms with Gasteiger partial charge in [-0.3, -0.25) is 4.79 Å². The van der Waals surface area contributed by atoms with E-state index in [1.54, 1.807) is 6.92 Å². The van der Waals surface area contributed by atoms with Crippen molar-refractivity contribution in [2.75, 3.05) is 11.1 Å². The molecule has 0 saturated carbocycles. The molecule has 1 rings (SSSR count). The molecule has 100 valence electrons. The van der Waals surface area contributed by atoms with Gasteiger partial charge in [0.25, 0.3) is 0 Å². The summed E-state index contributed by atoms with van der Waals surface area (Å²) < 4.78 is 22.8. The number of hydrogen-bond acceptors (Lipinski definition) is 5. The van der Waals surface area contributed by atoms with Crippen LogP contribution in [0.15, 0.2) is 23.1 Å². The molecule has 0 fully saturated rings. The van der Waals surface area contributed by atoms with E-state index in [4.69, 9.17) is 16.6 Å². The number of primary sulfonamides is 1. The molecule has 0 bridgehead atoms. The van der Waals surface area contributed by atoms with Crippen molar-refractivity contribution in [1.29, 1.82) is 0 Å². The van der Waals surface area contributed by atoms with Crippen LogP contribution in [0.2, 0.25) is 0 Å². The monoisotopic (exact) mass is 272 g/mol. The van der Waals surface area contributed by atoms with Gasteiger partial charge in [0.2, 0.25) is 15.9 Å². The molecular weight excluding hydrogens is 256 g/mol. The highest BCUT2D eigenvalue weighted by molar-refractivity contribution is 7.89. The standard InChI is InChI=1S/C10H16N4O3S/c1-6(4-10(12)15)14-8-3-2-7(11)5-9(8)18(13,16)17/h2-3,5-6,14H,4,11H2,1H3,(H2,12,15)(H2,13,16,17). The summed E-state index contributed by atoms with van der Waals surface area (Å²) in [4.78, 5) is 10.6. The predicted octanol–water partition coefficient (Wildman–Crippen LogP) is -0.408. The molecule has 0 aromatic heterocycles. The Morgan fingerprint density at radius 2 is 2.06 bits per heavy atom. The molecule has 7 nitrogen and oxygen atoms in total. The topological polar surface area (TPSA) is 141 Å². The minimum absolute atomic E-state index is 0.0778. The lowest BCUT2D eigenvalue weighted by molar-refractivity contribution is -0.118. The maximum absolute atomic E-state index is 11.4. The van der Waals surface area contributed by atoms with Crippen molar-refractivity contribution in [1.82, 2.24) is 0 Å². The second kappa shape index (κ2) is 5.23. The molecular formula is C10H16N4O3S. The van der Waals surface area contributed by atoms with Crippen LogP contribution in [0, 0.1) is 0 Å². The van der Waals surface area contributed by atoms with Gasteiger partial charge in [0.05, 0.1) is 5.69 Å². The lowest BCUT2D eigenvalue weighted by Gasteiger charge is -2.16. The zero-order chi connectivity index (χ0) is 13.9. The first-order chi connectivity index (χ1) is 8.20. The van der Waals surface area contributed by atoms with Gasteiger partial charge < -0.3 is 16.8 Å². The Labute approximate surface area is 105 Å². The van der Waals surface area contributed by atoms with Crippen LogP contribution in [0.25, 0.3) is 0 Å². The molecule has 7 N–H and O–H groups in total. The normalized spacial score (nSPS) is 13.0. The van der Waals surface area contributed by atoms with E-state index in [2.05, 4.69) is 5.32 Å². The van der Waals surface area contributed by atoms with Gasteiger partial charge in [-0.05, 0) is 25.1 Å². The smallest absolute Gasteiger partial charge is 0.240 e. The molecule has 0 heterocycles. The van der Waals surface area contributed by atoms with Gasteiger partial charge in [-0.1, -0.05) is 0 Å². The fraction of sp³-hybridized carbons (Fsp3) is 0.300. The second-order valence-electron chi connectivity index (χ2n) is 4.02. The van der Waals surface area contributed by atoms with Gasteiger partial charge in [0, 0.05) is 18.2 Å². The molecule has 8 heteroatoms. The Hall–Kier alpha value is -1.80. The van der Waals surface area contributed by atoms with E-state index in [9.17, 15) is 13.2 Å². The molecule has 1 aromatic rings. The van der Waals surface area contributed by atoms with Gasteiger partial charge in [-0.15, -0.1) is 0 Å². The largest absolute Gasteiger partial charge is 0.399 e. The van der Waals surface area contributed by atoms with E-state index < -0.39 is 15.9 Å². The summed E-state index contributed by atoms with van der Waals surface area (Å²) in [6.07, 6.45) is 0.0778. The first kappa shape index (κ1) is 14.3. The number of anilines is 2. The predicted molar refractivity (Wildman–Crippen MR) is 69.1 cm³/mol. The lowest BCUT2D eigenvalue weighted by atomic mass is 10.2. The number of nitrogens with two attached hydrogens (primary N) is 3. The van der Waals surface area contributed by atoms with Crippen LogP contribution >= 0.6 is 0 Å². The summed E-state index contributed by atoms with van der Waals surface area (Å²) in [7, 11) is -3.89. The highest BCUT2D eigenvalue weighted by Crippen LogP contribution is 2.23. The quantitative estimate of drug-likeness (QED) is 0.539. The van der Waals surface area contributed by atoms with E-state index in [0.29, 0.717) is 5.69 Å². The summed E-state index contributed by atoms with van der Waals surface area (Å²) in [5.41, 5.74) is 11.1. The fourth-order valence-electron chi connectivity index (χ4n) is 1.51. The van der Waals surface area contributed by atoms with E-state index in [1.165, 1.54) is 18.2 Å². The number of carbonyl (C=O) groups excluding carboxylic acids is 1. The van der Waals surface area contributed by atoms with Crippen LogP contribution in [0.3, 0.4) is 0 Å². The molecule has 1 amide bonds. The van der Waals surface area contributed by atoms with Crippen molar-refractivity contribution < 1.29 is 13.2 Å². The van der Waals surface area contributed by atoms with Gasteiger partial charge in [-0.25, -0.2) is 13.6 Å². The summed E-state index contributed by atoms with van der Waals surface area (Å²) in [6, 6.07) is 3.97. The Bertz CT molecular complexity index is 556. The van der Waals surface area contributed by atoms with E-state index >= 15 is 0 Å². The number of carbonyl (C=O) groups is 1. The van der Waals surface area contributed by atoms with Crippen LogP contribution in [0.1, 0.15) is 13.3 Å². The third-order valence-corrected chi connectivity index (χ3v) is 3.17. The van der Waals surface area contributed by atoms with E-state index in [0.717, 1.165) is 0 Å². The minimum atomic E-state index is -3.89. The molecule has 0 aliphatic rings. The van der Waals surface area contributed by atoms with Gasteiger partial charge in [0.1, 0.15) is 4.90 Å². The van der Waals surface area contributed by atoms with Gasteiger partial charge >= 0.3 is 0 Å². The lowest BCUT2D eigenvalue weighted by Crippen LogP contribution is -2.25. The van der Waals surface area contributed by atoms with Gasteiger partial charge in [0.15, 0.2) is 0 Å². The minimum Gasteiger partial charge on any atom is -0.399 e. The van der Waals surface area contributed by atoms with Crippen molar-refractivity contribution in [2.24, 2.45) is 10.9 Å². The van der Waals surface area contributed by atoms with Crippen LogP contribution in [-0.2, 0) is 14.8 Å². The molecule has 0 spiro atoms. The van der Waals surface area contributed by atoms with Gasteiger partial charge in [-0.2, -0.15) is 0 Å². The second-order valence-corrected chi connectivity index (χ2v) is 5.55. The summed E-state index contributed by atoms with van der Waals surface area (Å²) in [5, 5.41) is 7.95. The summed E-state index contributed by atoms with van der Waals surface area (Å²) in [6.45, 7) is 1.70. The first-order valence-corrected chi connectivity index (χ1v) is 6.72. The van der Waals surface area contributed by atoms with Crippen molar-refractivity contribution >= 4 is 27.3 Å². The SMILES string of the molecule is CC(CC(N)=O)Nc1ccc(N)cc1S(N)(=O)=O. The number of nitrogens with one attached hydrogen (secondary N) is 1. The Balaban J connectivity index is 3.06. The Morgan fingerprint density at radius 3 is 2.56 bits per heavy atom. The maximum atomic E-state index is 11.4. The zero-order valence-corrected chi connectivity index (χ0v) is 10.7. The number of hydrogen-bond donors (Lipinski definition) is 4. The molecule has 1 atom stereocenters. The van der Waals surface area contributed by atoms with Crippen molar-refractivity contribution in [2.45, 2.75) is 24.3 Å². The van der Waals surface area contributed by atoms with Crippen molar-refractivity contribution in [3.8, 4) is 0 Å². The van der Waals surface area contributed by atoms with Crippen LogP contribution in [0.5, 0.6) is 0 Å². The third kappa shape index (κ3) is 3.90. The summed E-state index contributed by atoms with van der Waals surface area (Å²) >= 11 is 0. The number of nitrogen functional groups attached to an aromatic ring is 1. The number of amides is 1. The fourth-order valence-corrected chi connectivity index (χ4v) is 2.25. The van der Waals surface area contributed by atoms with Crippen LogP contribution in [0.4, 0.5) is 11.4 Å². The maximum Gasteiger partial charge on any atom is 0.240 e. The first-order valence-electron chi connectivity index (χ1n) is 5.17. The molecule has 1 unspecified atom stereocenters. The molecule has 1 aromatic carbocycles. The molecule has 0 saturated heterocycles. The van der Waals surface area contributed by atoms with Crippen LogP contribution in [-0.4, -0.2) is 20.4 Å². The average Bonchev–Trinajstić information content (AvgIpc) is 2.17. The average molecular weight is 272 g/mol. The summed E-state index contributed by atoms with van der Waals surface area (Å²) in [5.74, 6) is -0.484. The zero-order valence-electron chi connectivity index (χ0n) is 9.88. The Kier molecular flexibility index (Phi) is 4.15. The van der Waals surface area contributed by atoms with Crippen molar-refractivity contribution in [3.63, 3.8) is 0 Å². The molecule has 0 radical (unpaired) electrons. The van der Waals surface area contributed by atoms with Crippen LogP contribution < -0.4 is 21.9 Å². The number of benzene rings is 1. The van der Waals surface area contributed by atoms with Crippen molar-refractivity contribution in [3.05, 3.63) is 18.2 Å². The highest BCUT2D eigenvalue weighted by Gasteiger charge is 2.16. The molecule has 0 aliphatic carbocycles. The number of rotatable bonds is 5. The number of primary amides is 1. The third-order valence-electron chi connectivity index (χ3n) is 2.22. The Morgan fingerprint density at radius 1 is 1.44 bits per heavy atom. The molecule has 0 aliphatic heterocycles. The molecule has 18 heavy (non-hydrogen) atoms. The van der Waals surface area contributed by atoms with E-state index in [-0.39, 0.29) is 23.0 Å². The number of sulfonamides is 1.